The number of nitrogens with zero attached hydrogens (tertiary/aromatic N) is 4. The first-order chi connectivity index (χ1) is 12.8. The van der Waals surface area contributed by atoms with Crippen LogP contribution in [0, 0.1) is 0 Å². The number of piperidine rings is 1. The Morgan fingerprint density at radius 1 is 1.27 bits per heavy atom. The summed E-state index contributed by atoms with van der Waals surface area (Å²) in [6.07, 6.45) is 8.24. The molecule has 0 bridgehead atoms. The monoisotopic (exact) mass is 353 g/mol. The van der Waals surface area contributed by atoms with Gasteiger partial charge in [0.05, 0.1) is 30.3 Å². The predicted octanol–water partition coefficient (Wildman–Crippen LogP) is 2.54. The number of likely N-dealkylation sites (tertiary alicyclic amines) is 1. The van der Waals surface area contributed by atoms with Gasteiger partial charge in [0.25, 0.3) is 5.89 Å². The van der Waals surface area contributed by atoms with Gasteiger partial charge in [-0.05, 0) is 44.1 Å². The van der Waals surface area contributed by atoms with Gasteiger partial charge in [-0.25, -0.2) is 0 Å². The van der Waals surface area contributed by atoms with Gasteiger partial charge in [-0.3, -0.25) is 14.7 Å². The minimum Gasteiger partial charge on any atom is -0.472 e. The number of carbonyl (C=O) groups is 1. The fraction of sp³-hybridized carbons (Fsp3) is 0.333. The van der Waals surface area contributed by atoms with E-state index in [0.29, 0.717) is 24.0 Å². The Morgan fingerprint density at radius 2 is 2.15 bits per heavy atom. The molecule has 4 heterocycles. The van der Waals surface area contributed by atoms with Crippen LogP contribution in [-0.2, 0) is 4.79 Å². The Kier molecular flexibility index (Phi) is 4.74. The van der Waals surface area contributed by atoms with Crippen LogP contribution in [-0.4, -0.2) is 45.6 Å². The van der Waals surface area contributed by atoms with Crippen LogP contribution in [0.2, 0.25) is 0 Å². The number of amides is 1. The summed E-state index contributed by atoms with van der Waals surface area (Å²) in [4.78, 5) is 18.3. The van der Waals surface area contributed by atoms with E-state index in [2.05, 4.69) is 25.4 Å². The summed E-state index contributed by atoms with van der Waals surface area (Å²) in [5, 5.41) is 11.1. The van der Waals surface area contributed by atoms with Crippen molar-refractivity contribution in [1.29, 1.82) is 0 Å². The Bertz CT molecular complexity index is 839. The van der Waals surface area contributed by atoms with Gasteiger partial charge in [0.2, 0.25) is 11.8 Å². The first kappa shape index (κ1) is 16.5. The standard InChI is InChI=1S/C18H19N5O3/c24-16(20-15-2-1-6-19-10-15)11-23-7-3-13(4-8-23)17-21-22-18(26-17)14-5-9-25-12-14/h1-2,5-6,9-10,12-13H,3-4,7-8,11H2,(H,20,24). The minimum atomic E-state index is -0.0310. The Morgan fingerprint density at radius 3 is 2.88 bits per heavy atom. The van der Waals surface area contributed by atoms with E-state index in [9.17, 15) is 4.79 Å². The summed E-state index contributed by atoms with van der Waals surface area (Å²) >= 11 is 0. The average molecular weight is 353 g/mol. The molecule has 3 aromatic heterocycles. The van der Waals surface area contributed by atoms with Gasteiger partial charge < -0.3 is 14.2 Å². The normalized spacial score (nSPS) is 15.8. The van der Waals surface area contributed by atoms with Crippen molar-refractivity contribution < 1.29 is 13.6 Å². The number of aromatic nitrogens is 3. The molecule has 1 aliphatic rings. The van der Waals surface area contributed by atoms with E-state index in [1.165, 1.54) is 0 Å². The third kappa shape index (κ3) is 3.80. The average Bonchev–Trinajstić information content (AvgIpc) is 3.35. The zero-order chi connectivity index (χ0) is 17.8. The van der Waals surface area contributed by atoms with Gasteiger partial charge >= 0.3 is 0 Å². The SMILES string of the molecule is O=C(CN1CCC(c2nnc(-c3ccoc3)o2)CC1)Nc1cccnc1. The number of hydrogen-bond acceptors (Lipinski definition) is 7. The summed E-state index contributed by atoms with van der Waals surface area (Å²) in [6, 6.07) is 5.41. The second kappa shape index (κ2) is 7.49. The molecule has 1 amide bonds. The largest absolute Gasteiger partial charge is 0.472 e. The fourth-order valence-corrected chi connectivity index (χ4v) is 3.08. The van der Waals surface area contributed by atoms with E-state index in [0.717, 1.165) is 31.5 Å². The summed E-state index contributed by atoms with van der Waals surface area (Å²) in [6.45, 7) is 1.99. The molecule has 0 spiro atoms. The van der Waals surface area contributed by atoms with Crippen molar-refractivity contribution in [2.45, 2.75) is 18.8 Å². The fourth-order valence-electron chi connectivity index (χ4n) is 3.08. The lowest BCUT2D eigenvalue weighted by molar-refractivity contribution is -0.117. The van der Waals surface area contributed by atoms with Crippen LogP contribution in [0.25, 0.3) is 11.5 Å². The van der Waals surface area contributed by atoms with Crippen LogP contribution in [0.3, 0.4) is 0 Å². The Balaban J connectivity index is 1.28. The van der Waals surface area contributed by atoms with E-state index in [-0.39, 0.29) is 11.8 Å². The van der Waals surface area contributed by atoms with Gasteiger partial charge in [-0.15, -0.1) is 10.2 Å². The first-order valence-electron chi connectivity index (χ1n) is 8.56. The Hall–Kier alpha value is -3.00. The highest BCUT2D eigenvalue weighted by atomic mass is 16.4. The smallest absolute Gasteiger partial charge is 0.250 e. The summed E-state index contributed by atoms with van der Waals surface area (Å²) < 4.78 is 10.8. The molecule has 8 nitrogen and oxygen atoms in total. The third-order valence-corrected chi connectivity index (χ3v) is 4.46. The number of furan rings is 1. The molecule has 0 aliphatic carbocycles. The molecule has 1 fully saturated rings. The summed E-state index contributed by atoms with van der Waals surface area (Å²) in [5.41, 5.74) is 1.50. The van der Waals surface area contributed by atoms with E-state index < -0.39 is 0 Å². The van der Waals surface area contributed by atoms with Crippen molar-refractivity contribution in [3.8, 4) is 11.5 Å². The molecule has 134 valence electrons. The highest BCUT2D eigenvalue weighted by molar-refractivity contribution is 5.92. The number of rotatable bonds is 5. The lowest BCUT2D eigenvalue weighted by Crippen LogP contribution is -2.38. The Labute approximate surface area is 150 Å². The second-order valence-corrected chi connectivity index (χ2v) is 6.30. The lowest BCUT2D eigenvalue weighted by atomic mass is 9.97. The van der Waals surface area contributed by atoms with Crippen molar-refractivity contribution in [3.05, 3.63) is 49.0 Å². The molecule has 1 aliphatic heterocycles. The molecular formula is C18H19N5O3. The van der Waals surface area contributed by atoms with E-state index in [4.69, 9.17) is 8.83 Å². The maximum atomic E-state index is 12.1. The molecule has 8 heteroatoms. The highest BCUT2D eigenvalue weighted by Gasteiger charge is 2.26. The van der Waals surface area contributed by atoms with Gasteiger partial charge in [0.15, 0.2) is 0 Å². The zero-order valence-electron chi connectivity index (χ0n) is 14.2. The van der Waals surface area contributed by atoms with Gasteiger partial charge in [0, 0.05) is 12.1 Å². The zero-order valence-corrected chi connectivity index (χ0v) is 14.2. The predicted molar refractivity (Wildman–Crippen MR) is 93.3 cm³/mol. The van der Waals surface area contributed by atoms with Crippen LogP contribution in [0.15, 0.2) is 52.0 Å². The number of hydrogen-bond donors (Lipinski definition) is 1. The maximum absolute atomic E-state index is 12.1. The molecule has 0 radical (unpaired) electrons. The van der Waals surface area contributed by atoms with Crippen molar-refractivity contribution in [2.24, 2.45) is 0 Å². The van der Waals surface area contributed by atoms with Crippen molar-refractivity contribution in [2.75, 3.05) is 25.0 Å². The third-order valence-electron chi connectivity index (χ3n) is 4.46. The highest BCUT2D eigenvalue weighted by Crippen LogP contribution is 2.29. The van der Waals surface area contributed by atoms with Crippen LogP contribution in [0.1, 0.15) is 24.7 Å². The molecule has 1 saturated heterocycles. The van der Waals surface area contributed by atoms with Gasteiger partial charge in [0.1, 0.15) is 6.26 Å². The van der Waals surface area contributed by atoms with Gasteiger partial charge in [-0.1, -0.05) is 0 Å². The van der Waals surface area contributed by atoms with Gasteiger partial charge in [-0.2, -0.15) is 0 Å². The molecule has 0 unspecified atom stereocenters. The molecule has 3 aromatic rings. The minimum absolute atomic E-state index is 0.0310. The van der Waals surface area contributed by atoms with E-state index in [1.54, 1.807) is 37.1 Å². The quantitative estimate of drug-likeness (QED) is 0.753. The number of anilines is 1. The first-order valence-corrected chi connectivity index (χ1v) is 8.56. The topological polar surface area (TPSA) is 97.3 Å². The number of pyridine rings is 1. The second-order valence-electron chi connectivity index (χ2n) is 6.30. The van der Waals surface area contributed by atoms with Crippen molar-refractivity contribution in [3.63, 3.8) is 0 Å². The molecule has 4 rings (SSSR count). The van der Waals surface area contributed by atoms with Crippen LogP contribution < -0.4 is 5.32 Å². The maximum Gasteiger partial charge on any atom is 0.250 e. The number of nitrogens with one attached hydrogen (secondary N) is 1. The van der Waals surface area contributed by atoms with E-state index >= 15 is 0 Å². The molecule has 0 atom stereocenters. The van der Waals surface area contributed by atoms with Crippen LogP contribution >= 0.6 is 0 Å². The number of carbonyl (C=O) groups excluding carboxylic acids is 1. The van der Waals surface area contributed by atoms with Crippen molar-refractivity contribution >= 4 is 11.6 Å². The lowest BCUT2D eigenvalue weighted by Gasteiger charge is -2.29. The molecule has 1 N–H and O–H groups in total. The molecular weight excluding hydrogens is 334 g/mol. The van der Waals surface area contributed by atoms with E-state index in [1.807, 2.05) is 6.07 Å². The summed E-state index contributed by atoms with van der Waals surface area (Å²) in [5.74, 6) is 1.32. The molecule has 0 aromatic carbocycles. The molecule has 26 heavy (non-hydrogen) atoms. The molecule has 0 saturated carbocycles. The summed E-state index contributed by atoms with van der Waals surface area (Å²) in [7, 11) is 0. The van der Waals surface area contributed by atoms with Crippen LogP contribution in [0.4, 0.5) is 5.69 Å². The van der Waals surface area contributed by atoms with Crippen LogP contribution in [0.5, 0.6) is 0 Å². The van der Waals surface area contributed by atoms with Crippen molar-refractivity contribution in [1.82, 2.24) is 20.1 Å².